The predicted octanol–water partition coefficient (Wildman–Crippen LogP) is 0.597. The SMILES string of the molecule is CCNC(=NCCc1nc(C(C)C)no1)N1CCN(CC(=O)NC2CC2)CC1. The van der Waals surface area contributed by atoms with Gasteiger partial charge in [-0.05, 0) is 19.8 Å². The third-order valence-electron chi connectivity index (χ3n) is 4.90. The zero-order chi connectivity index (χ0) is 19.9. The van der Waals surface area contributed by atoms with Crippen LogP contribution in [0.1, 0.15) is 51.2 Å². The van der Waals surface area contributed by atoms with Crippen LogP contribution in [0.4, 0.5) is 0 Å². The van der Waals surface area contributed by atoms with Crippen LogP contribution in [0.5, 0.6) is 0 Å². The number of aromatic nitrogens is 2. The fourth-order valence-corrected chi connectivity index (χ4v) is 3.11. The minimum Gasteiger partial charge on any atom is -0.357 e. The number of amides is 1. The maximum absolute atomic E-state index is 12.0. The molecule has 2 heterocycles. The number of hydrogen-bond donors (Lipinski definition) is 2. The lowest BCUT2D eigenvalue weighted by Crippen LogP contribution is -2.54. The van der Waals surface area contributed by atoms with Gasteiger partial charge < -0.3 is 20.1 Å². The van der Waals surface area contributed by atoms with Gasteiger partial charge in [0, 0.05) is 51.1 Å². The maximum Gasteiger partial charge on any atom is 0.234 e. The normalized spacial score (nSPS) is 18.6. The van der Waals surface area contributed by atoms with Crippen LogP contribution in [0.2, 0.25) is 0 Å². The molecule has 1 aromatic rings. The Morgan fingerprint density at radius 3 is 2.64 bits per heavy atom. The highest BCUT2D eigenvalue weighted by atomic mass is 16.5. The minimum absolute atomic E-state index is 0.150. The number of rotatable bonds is 8. The molecular weight excluding hydrogens is 358 g/mol. The zero-order valence-electron chi connectivity index (χ0n) is 17.3. The monoisotopic (exact) mass is 391 g/mol. The van der Waals surface area contributed by atoms with Crippen LogP contribution < -0.4 is 10.6 Å². The van der Waals surface area contributed by atoms with Crippen molar-refractivity contribution in [2.24, 2.45) is 4.99 Å². The van der Waals surface area contributed by atoms with Crippen molar-refractivity contribution >= 4 is 11.9 Å². The Labute approximate surface area is 166 Å². The summed E-state index contributed by atoms with van der Waals surface area (Å²) in [6, 6.07) is 0.428. The predicted molar refractivity (Wildman–Crippen MR) is 107 cm³/mol. The number of carbonyl (C=O) groups excluding carboxylic acids is 1. The molecule has 3 rings (SSSR count). The Balaban J connectivity index is 1.45. The molecular formula is C19H33N7O2. The summed E-state index contributed by atoms with van der Waals surface area (Å²) in [5.41, 5.74) is 0. The lowest BCUT2D eigenvalue weighted by Gasteiger charge is -2.36. The summed E-state index contributed by atoms with van der Waals surface area (Å²) in [6.07, 6.45) is 2.89. The summed E-state index contributed by atoms with van der Waals surface area (Å²) in [5.74, 6) is 2.70. The van der Waals surface area contributed by atoms with E-state index in [9.17, 15) is 4.79 Å². The fraction of sp³-hybridized carbons (Fsp3) is 0.789. The standard InChI is InChI=1S/C19H33N7O2/c1-4-20-19(21-8-7-17-23-18(14(2)3)24-28-17)26-11-9-25(10-12-26)13-16(27)22-15-5-6-15/h14-15H,4-13H2,1-3H3,(H,20,21)(H,22,27). The van der Waals surface area contributed by atoms with Crippen LogP contribution in [0.3, 0.4) is 0 Å². The highest BCUT2D eigenvalue weighted by Gasteiger charge is 2.25. The number of piperazine rings is 1. The van der Waals surface area contributed by atoms with Crippen LogP contribution in [0.25, 0.3) is 0 Å². The van der Waals surface area contributed by atoms with Gasteiger partial charge in [0.15, 0.2) is 11.8 Å². The maximum atomic E-state index is 12.0. The lowest BCUT2D eigenvalue weighted by atomic mass is 10.2. The average Bonchev–Trinajstić information content (AvgIpc) is 3.34. The molecule has 0 spiro atoms. The molecule has 1 aromatic heterocycles. The molecule has 2 N–H and O–H groups in total. The molecule has 1 aliphatic heterocycles. The largest absolute Gasteiger partial charge is 0.357 e. The van der Waals surface area contributed by atoms with E-state index in [0.29, 0.717) is 31.4 Å². The summed E-state index contributed by atoms with van der Waals surface area (Å²) in [7, 11) is 0. The zero-order valence-corrected chi connectivity index (χ0v) is 17.3. The number of nitrogens with one attached hydrogen (secondary N) is 2. The van der Waals surface area contributed by atoms with Gasteiger partial charge in [0.2, 0.25) is 11.8 Å². The van der Waals surface area contributed by atoms with E-state index in [1.165, 1.54) is 0 Å². The van der Waals surface area contributed by atoms with Gasteiger partial charge in [-0.3, -0.25) is 14.7 Å². The molecule has 1 saturated heterocycles. The molecule has 1 saturated carbocycles. The molecule has 2 fully saturated rings. The van der Waals surface area contributed by atoms with Crippen molar-refractivity contribution in [3.8, 4) is 0 Å². The molecule has 28 heavy (non-hydrogen) atoms. The molecule has 0 unspecified atom stereocenters. The molecule has 0 atom stereocenters. The first-order chi connectivity index (χ1) is 13.5. The van der Waals surface area contributed by atoms with Crippen molar-refractivity contribution in [1.82, 2.24) is 30.6 Å². The van der Waals surface area contributed by atoms with Crippen molar-refractivity contribution in [3.63, 3.8) is 0 Å². The van der Waals surface area contributed by atoms with E-state index in [1.807, 2.05) is 13.8 Å². The van der Waals surface area contributed by atoms with Crippen LogP contribution in [0.15, 0.2) is 9.52 Å². The number of hydrogen-bond acceptors (Lipinski definition) is 6. The highest BCUT2D eigenvalue weighted by Crippen LogP contribution is 2.18. The number of carbonyl (C=O) groups is 1. The van der Waals surface area contributed by atoms with Crippen LogP contribution >= 0.6 is 0 Å². The number of aliphatic imine (C=N–C) groups is 1. The van der Waals surface area contributed by atoms with E-state index in [1.54, 1.807) is 0 Å². The van der Waals surface area contributed by atoms with Crippen molar-refractivity contribution < 1.29 is 9.32 Å². The Morgan fingerprint density at radius 2 is 2.04 bits per heavy atom. The topological polar surface area (TPSA) is 98.9 Å². The molecule has 1 aliphatic carbocycles. The summed E-state index contributed by atoms with van der Waals surface area (Å²) in [6.45, 7) is 11.5. The Kier molecular flexibility index (Phi) is 7.24. The fourth-order valence-electron chi connectivity index (χ4n) is 3.11. The molecule has 0 radical (unpaired) electrons. The second kappa shape index (κ2) is 9.86. The van der Waals surface area contributed by atoms with Gasteiger partial charge in [-0.1, -0.05) is 19.0 Å². The van der Waals surface area contributed by atoms with Crippen LogP contribution in [0, 0.1) is 0 Å². The van der Waals surface area contributed by atoms with Gasteiger partial charge >= 0.3 is 0 Å². The van der Waals surface area contributed by atoms with E-state index in [4.69, 9.17) is 9.52 Å². The quantitative estimate of drug-likeness (QED) is 0.494. The van der Waals surface area contributed by atoms with Crippen molar-refractivity contribution in [3.05, 3.63) is 11.7 Å². The van der Waals surface area contributed by atoms with E-state index in [0.717, 1.165) is 57.3 Å². The van der Waals surface area contributed by atoms with Gasteiger partial charge in [0.1, 0.15) is 0 Å². The smallest absolute Gasteiger partial charge is 0.234 e. The van der Waals surface area contributed by atoms with E-state index < -0.39 is 0 Å². The van der Waals surface area contributed by atoms with Crippen molar-refractivity contribution in [2.45, 2.75) is 52.0 Å². The number of nitrogens with zero attached hydrogens (tertiary/aromatic N) is 5. The Hall–Kier alpha value is -2.16. The van der Waals surface area contributed by atoms with Gasteiger partial charge in [-0.2, -0.15) is 4.98 Å². The summed E-state index contributed by atoms with van der Waals surface area (Å²) in [5, 5.41) is 10.4. The third kappa shape index (κ3) is 6.19. The van der Waals surface area contributed by atoms with E-state index in [2.05, 4.69) is 37.5 Å². The Morgan fingerprint density at radius 1 is 1.29 bits per heavy atom. The number of guanidine groups is 1. The molecule has 0 bridgehead atoms. The van der Waals surface area contributed by atoms with Gasteiger partial charge in [-0.15, -0.1) is 0 Å². The first-order valence-electron chi connectivity index (χ1n) is 10.4. The second-order valence-corrected chi connectivity index (χ2v) is 7.79. The van der Waals surface area contributed by atoms with Crippen LogP contribution in [-0.4, -0.2) is 83.7 Å². The summed E-state index contributed by atoms with van der Waals surface area (Å²) in [4.78, 5) is 25.6. The van der Waals surface area contributed by atoms with Crippen LogP contribution in [-0.2, 0) is 11.2 Å². The van der Waals surface area contributed by atoms with Gasteiger partial charge in [0.05, 0.1) is 13.1 Å². The highest BCUT2D eigenvalue weighted by molar-refractivity contribution is 5.80. The molecule has 156 valence electrons. The molecule has 9 heteroatoms. The Bertz CT molecular complexity index is 661. The van der Waals surface area contributed by atoms with Gasteiger partial charge in [0.25, 0.3) is 0 Å². The average molecular weight is 392 g/mol. The molecule has 1 amide bonds. The van der Waals surface area contributed by atoms with Crippen molar-refractivity contribution in [1.29, 1.82) is 0 Å². The minimum atomic E-state index is 0.150. The first kappa shape index (κ1) is 20.6. The van der Waals surface area contributed by atoms with Gasteiger partial charge in [-0.25, -0.2) is 0 Å². The summed E-state index contributed by atoms with van der Waals surface area (Å²) < 4.78 is 5.29. The first-order valence-corrected chi connectivity index (χ1v) is 10.4. The molecule has 9 nitrogen and oxygen atoms in total. The molecule has 0 aromatic carbocycles. The van der Waals surface area contributed by atoms with Crippen molar-refractivity contribution in [2.75, 3.05) is 45.8 Å². The third-order valence-corrected chi connectivity index (χ3v) is 4.90. The summed E-state index contributed by atoms with van der Waals surface area (Å²) >= 11 is 0. The second-order valence-electron chi connectivity index (χ2n) is 7.79. The van der Waals surface area contributed by atoms with E-state index in [-0.39, 0.29) is 11.8 Å². The lowest BCUT2D eigenvalue weighted by molar-refractivity contribution is -0.122. The molecule has 2 aliphatic rings. The van der Waals surface area contributed by atoms with E-state index >= 15 is 0 Å².